The van der Waals surface area contributed by atoms with Crippen molar-refractivity contribution in [2.24, 2.45) is 0 Å². The smallest absolute Gasteiger partial charge is 0.0208 e. The SMILES string of the molecule is CCCCCCCCc1ccc(-c2ccccc2I)cc1. The van der Waals surface area contributed by atoms with Gasteiger partial charge in [-0.3, -0.25) is 0 Å². The Labute approximate surface area is 143 Å². The Morgan fingerprint density at radius 3 is 2.14 bits per heavy atom. The normalized spacial score (nSPS) is 10.8. The van der Waals surface area contributed by atoms with E-state index in [4.69, 9.17) is 0 Å². The first-order chi connectivity index (χ1) is 10.3. The molecule has 0 N–H and O–H groups in total. The highest BCUT2D eigenvalue weighted by Gasteiger charge is 2.02. The molecule has 21 heavy (non-hydrogen) atoms. The van der Waals surface area contributed by atoms with Gasteiger partial charge in [0.25, 0.3) is 0 Å². The molecule has 0 nitrogen and oxygen atoms in total. The second-order valence-electron chi connectivity index (χ2n) is 5.69. The Morgan fingerprint density at radius 1 is 0.762 bits per heavy atom. The van der Waals surface area contributed by atoms with E-state index in [1.165, 1.54) is 65.2 Å². The molecule has 2 aromatic carbocycles. The molecule has 0 aromatic heterocycles. The fraction of sp³-hybridized carbons (Fsp3) is 0.400. The van der Waals surface area contributed by atoms with E-state index in [9.17, 15) is 0 Å². The summed E-state index contributed by atoms with van der Waals surface area (Å²) < 4.78 is 1.32. The average Bonchev–Trinajstić information content (AvgIpc) is 2.52. The van der Waals surface area contributed by atoms with E-state index in [1.807, 2.05) is 0 Å². The Hall–Kier alpha value is -0.830. The maximum atomic E-state index is 2.41. The van der Waals surface area contributed by atoms with E-state index in [2.05, 4.69) is 78.0 Å². The molecule has 1 heteroatoms. The van der Waals surface area contributed by atoms with Gasteiger partial charge in [-0.1, -0.05) is 81.5 Å². The van der Waals surface area contributed by atoms with E-state index in [1.54, 1.807) is 0 Å². The van der Waals surface area contributed by atoms with Crippen LogP contribution < -0.4 is 0 Å². The van der Waals surface area contributed by atoms with E-state index in [-0.39, 0.29) is 0 Å². The molecule has 0 bridgehead atoms. The van der Waals surface area contributed by atoms with E-state index in [0.717, 1.165) is 0 Å². The minimum Gasteiger partial charge on any atom is -0.0654 e. The molecule has 0 aliphatic rings. The molecule has 2 rings (SSSR count). The Morgan fingerprint density at radius 2 is 1.43 bits per heavy atom. The molecule has 0 aliphatic heterocycles. The van der Waals surface area contributed by atoms with Gasteiger partial charge in [-0.15, -0.1) is 0 Å². The monoisotopic (exact) mass is 392 g/mol. The van der Waals surface area contributed by atoms with Crippen LogP contribution in [0.5, 0.6) is 0 Å². The van der Waals surface area contributed by atoms with Gasteiger partial charge in [-0.2, -0.15) is 0 Å². The number of hydrogen-bond acceptors (Lipinski definition) is 0. The molecule has 0 spiro atoms. The van der Waals surface area contributed by atoms with Gasteiger partial charge < -0.3 is 0 Å². The Bertz CT molecular complexity index is 528. The highest BCUT2D eigenvalue weighted by atomic mass is 127. The summed E-state index contributed by atoms with van der Waals surface area (Å²) in [6, 6.07) is 17.7. The third kappa shape index (κ3) is 5.46. The first kappa shape index (κ1) is 16.5. The van der Waals surface area contributed by atoms with Gasteiger partial charge in [0.2, 0.25) is 0 Å². The quantitative estimate of drug-likeness (QED) is 0.340. The molecular weight excluding hydrogens is 367 g/mol. The lowest BCUT2D eigenvalue weighted by Gasteiger charge is -2.06. The highest BCUT2D eigenvalue weighted by Crippen LogP contribution is 2.25. The second-order valence-corrected chi connectivity index (χ2v) is 6.86. The lowest BCUT2D eigenvalue weighted by Crippen LogP contribution is -1.88. The fourth-order valence-corrected chi connectivity index (χ4v) is 3.35. The molecule has 0 unspecified atom stereocenters. The van der Waals surface area contributed by atoms with Gasteiger partial charge in [-0.05, 0) is 58.2 Å². The number of rotatable bonds is 8. The Kier molecular flexibility index (Phi) is 7.28. The summed E-state index contributed by atoms with van der Waals surface area (Å²) in [7, 11) is 0. The molecule has 0 atom stereocenters. The first-order valence-corrected chi connectivity index (χ1v) is 9.23. The van der Waals surface area contributed by atoms with Gasteiger partial charge in [0.1, 0.15) is 0 Å². The third-order valence-corrected chi connectivity index (χ3v) is 4.90. The first-order valence-electron chi connectivity index (χ1n) is 8.15. The van der Waals surface area contributed by atoms with Crippen molar-refractivity contribution < 1.29 is 0 Å². The van der Waals surface area contributed by atoms with Crippen molar-refractivity contribution >= 4 is 22.6 Å². The fourth-order valence-electron chi connectivity index (χ4n) is 2.66. The van der Waals surface area contributed by atoms with Crippen LogP contribution in [0.2, 0.25) is 0 Å². The standard InChI is InChI=1S/C20H25I/c1-2-3-4-5-6-7-10-17-13-15-18(16-14-17)19-11-8-9-12-20(19)21/h8-9,11-16H,2-7,10H2,1H3. The number of unbranched alkanes of at least 4 members (excludes halogenated alkanes) is 5. The zero-order valence-corrected chi connectivity index (χ0v) is 15.1. The maximum Gasteiger partial charge on any atom is 0.0208 e. The largest absolute Gasteiger partial charge is 0.0654 e. The molecular formula is C20H25I. The third-order valence-electron chi connectivity index (χ3n) is 3.96. The summed E-state index contributed by atoms with van der Waals surface area (Å²) in [4.78, 5) is 0. The van der Waals surface area contributed by atoms with Crippen molar-refractivity contribution in [1.29, 1.82) is 0 Å². The zero-order valence-electron chi connectivity index (χ0n) is 12.9. The second kappa shape index (κ2) is 9.24. The van der Waals surface area contributed by atoms with Crippen LogP contribution in [0, 0.1) is 3.57 Å². The van der Waals surface area contributed by atoms with E-state index >= 15 is 0 Å². The zero-order chi connectivity index (χ0) is 14.9. The molecule has 2 aromatic rings. The molecule has 0 saturated heterocycles. The van der Waals surface area contributed by atoms with Crippen LogP contribution in [0.4, 0.5) is 0 Å². The number of hydrogen-bond donors (Lipinski definition) is 0. The van der Waals surface area contributed by atoms with Crippen LogP contribution in [-0.4, -0.2) is 0 Å². The molecule has 112 valence electrons. The lowest BCUT2D eigenvalue weighted by atomic mass is 10.0. The molecule has 0 radical (unpaired) electrons. The van der Waals surface area contributed by atoms with Crippen molar-refractivity contribution in [3.63, 3.8) is 0 Å². The van der Waals surface area contributed by atoms with Gasteiger partial charge in [0, 0.05) is 3.57 Å². The van der Waals surface area contributed by atoms with Crippen LogP contribution >= 0.6 is 22.6 Å². The molecule has 0 saturated carbocycles. The molecule has 0 heterocycles. The molecule has 0 aliphatic carbocycles. The minimum atomic E-state index is 1.22. The summed E-state index contributed by atoms with van der Waals surface area (Å²) in [5, 5.41) is 0. The highest BCUT2D eigenvalue weighted by molar-refractivity contribution is 14.1. The van der Waals surface area contributed by atoms with Crippen molar-refractivity contribution in [1.82, 2.24) is 0 Å². The topological polar surface area (TPSA) is 0 Å². The van der Waals surface area contributed by atoms with Crippen LogP contribution in [0.1, 0.15) is 51.0 Å². The van der Waals surface area contributed by atoms with E-state index < -0.39 is 0 Å². The van der Waals surface area contributed by atoms with Gasteiger partial charge in [-0.25, -0.2) is 0 Å². The van der Waals surface area contributed by atoms with Crippen LogP contribution in [0.25, 0.3) is 11.1 Å². The summed E-state index contributed by atoms with van der Waals surface area (Å²) in [5.41, 5.74) is 4.14. The van der Waals surface area contributed by atoms with Crippen LogP contribution in [-0.2, 0) is 6.42 Å². The molecule has 0 amide bonds. The van der Waals surface area contributed by atoms with Crippen molar-refractivity contribution in [2.75, 3.05) is 0 Å². The number of aryl methyl sites for hydroxylation is 1. The van der Waals surface area contributed by atoms with Gasteiger partial charge in [0.15, 0.2) is 0 Å². The Balaban J connectivity index is 1.84. The van der Waals surface area contributed by atoms with Gasteiger partial charge in [0.05, 0.1) is 0 Å². The van der Waals surface area contributed by atoms with Crippen molar-refractivity contribution in [3.05, 3.63) is 57.7 Å². The minimum absolute atomic E-state index is 1.22. The van der Waals surface area contributed by atoms with Crippen molar-refractivity contribution in [2.45, 2.75) is 51.9 Å². The van der Waals surface area contributed by atoms with Gasteiger partial charge >= 0.3 is 0 Å². The summed E-state index contributed by atoms with van der Waals surface area (Å²) >= 11 is 2.41. The number of benzene rings is 2. The van der Waals surface area contributed by atoms with Crippen LogP contribution in [0.3, 0.4) is 0 Å². The predicted octanol–water partition coefficient (Wildman–Crippen LogP) is 6.86. The predicted molar refractivity (Wildman–Crippen MR) is 102 cm³/mol. The molecule has 0 fully saturated rings. The average molecular weight is 392 g/mol. The summed E-state index contributed by atoms with van der Waals surface area (Å²) in [6.45, 7) is 2.27. The van der Waals surface area contributed by atoms with Crippen LogP contribution in [0.15, 0.2) is 48.5 Å². The van der Waals surface area contributed by atoms with Crippen molar-refractivity contribution in [3.8, 4) is 11.1 Å². The number of halogens is 1. The summed E-state index contributed by atoms with van der Waals surface area (Å²) in [5.74, 6) is 0. The van der Waals surface area contributed by atoms with E-state index in [0.29, 0.717) is 0 Å². The summed E-state index contributed by atoms with van der Waals surface area (Å²) in [6.07, 6.45) is 9.45. The maximum absolute atomic E-state index is 2.41. The lowest BCUT2D eigenvalue weighted by molar-refractivity contribution is 0.607.